The van der Waals surface area contributed by atoms with Crippen molar-refractivity contribution in [1.82, 2.24) is 0 Å². The van der Waals surface area contributed by atoms with Gasteiger partial charge in [0.05, 0.1) is 21.0 Å². The molecule has 0 bridgehead atoms. The van der Waals surface area contributed by atoms with E-state index in [-0.39, 0.29) is 114 Å². The van der Waals surface area contributed by atoms with Gasteiger partial charge in [-0.05, 0) is 21.5 Å². The number of fused-ring (bicyclic) bond motifs is 2. The first-order valence-corrected chi connectivity index (χ1v) is 7.28. The molecular weight excluding hydrogens is 414 g/mol. The summed E-state index contributed by atoms with van der Waals surface area (Å²) in [5.74, 6) is 3.20. The molecule has 0 aromatic heterocycles. The average molecular weight is 422 g/mol. The number of rotatable bonds is 4. The topological polar surface area (TPSA) is 131 Å². The first kappa shape index (κ1) is 25.2. The third-order valence-electron chi connectivity index (χ3n) is 3.98. The fraction of sp³-hybridized carbons (Fsp3) is 0. The molecule has 0 aliphatic heterocycles. The van der Waals surface area contributed by atoms with Crippen LogP contribution in [0.5, 0.6) is 0 Å². The van der Waals surface area contributed by atoms with Crippen LogP contribution in [0.1, 0.15) is 11.1 Å². The smallest absolute Gasteiger partial charge is 0.757 e. The van der Waals surface area contributed by atoms with Gasteiger partial charge in [-0.2, -0.15) is 11.7 Å². The van der Waals surface area contributed by atoms with E-state index in [9.17, 15) is 31.0 Å². The Hall–Kier alpha value is -0.847. The molecule has 3 aromatic carbocycles. The molecule has 8 nitrogen and oxygen atoms in total. The predicted octanol–water partition coefficient (Wildman–Crippen LogP) is -2.29. The Morgan fingerprint density at radius 1 is 0.679 bits per heavy atom. The molecule has 0 aliphatic carbocycles. The summed E-state index contributed by atoms with van der Waals surface area (Å²) in [4.78, 5) is 21.2. The summed E-state index contributed by atoms with van der Waals surface area (Å²) in [7, 11) is 0. The first-order valence-electron chi connectivity index (χ1n) is 7.28. The molecule has 0 unspecified atom stereocenters. The monoisotopic (exact) mass is 422 g/mol. The molecule has 28 heavy (non-hydrogen) atoms. The maximum Gasteiger partial charge on any atom is 1.00 e. The third kappa shape index (κ3) is 4.49. The van der Waals surface area contributed by atoms with Crippen molar-refractivity contribution >= 4 is 44.7 Å². The van der Waals surface area contributed by atoms with Crippen molar-refractivity contribution in [3.05, 3.63) is 90.7 Å². The summed E-state index contributed by atoms with van der Waals surface area (Å²) in [5.41, 5.74) is -1.17. The number of hydrogen-bond acceptors (Lipinski definition) is 4. The van der Waals surface area contributed by atoms with Gasteiger partial charge >= 0.3 is 103 Å². The van der Waals surface area contributed by atoms with E-state index in [1.165, 1.54) is 24.3 Å². The summed E-state index contributed by atoms with van der Waals surface area (Å²) in [5, 5.41) is 42.5. The minimum absolute atomic E-state index is 0. The van der Waals surface area contributed by atoms with E-state index in [1.54, 1.807) is 36.0 Å². The maximum atomic E-state index is 11.4. The Balaban J connectivity index is 0.00000196. The summed E-state index contributed by atoms with van der Waals surface area (Å²) in [6.45, 7) is 0. The van der Waals surface area contributed by atoms with Crippen LogP contribution in [0.4, 0.5) is 0 Å². The summed E-state index contributed by atoms with van der Waals surface area (Å²) < 4.78 is 0. The second-order valence-corrected chi connectivity index (χ2v) is 5.28. The molecule has 0 N–H and O–H groups in total. The average Bonchev–Trinajstić information content (AvgIpc) is 2.63. The molecular formula is C18H8K2N4O4. The Bertz CT molecular complexity index is 1060. The zero-order valence-corrected chi connectivity index (χ0v) is 21.3. The molecule has 0 radical (unpaired) electrons. The van der Waals surface area contributed by atoms with Gasteiger partial charge in [-0.25, -0.2) is 0 Å². The van der Waals surface area contributed by atoms with Crippen molar-refractivity contribution in [2.75, 3.05) is 0 Å². The van der Waals surface area contributed by atoms with E-state index < -0.39 is 21.2 Å². The quantitative estimate of drug-likeness (QED) is 0.154. The minimum atomic E-state index is -0.781. The Labute approximate surface area is 243 Å². The van der Waals surface area contributed by atoms with Crippen LogP contribution >= 0.6 is 0 Å². The molecule has 3 aromatic rings. The van der Waals surface area contributed by atoms with Crippen LogP contribution in [0.25, 0.3) is 43.8 Å². The zero-order chi connectivity index (χ0) is 18.8. The van der Waals surface area contributed by atoms with Crippen molar-refractivity contribution in [2.45, 2.75) is 0 Å². The standard InChI is InChI=1S/C18H8N4O4.2K/c19-9-15(21(23)24)17-11-5-1-2-6-12(11)18(16(10-20)22(25)26)14-8-4-3-7-13(14)17;;/h1-8H;;/q-2;2*+1. The minimum Gasteiger partial charge on any atom is -0.757 e. The molecule has 126 valence electrons. The van der Waals surface area contributed by atoms with Gasteiger partial charge in [-0.3, -0.25) is 20.2 Å². The second-order valence-electron chi connectivity index (χ2n) is 5.28. The molecule has 0 amide bonds. The Kier molecular flexibility index (Phi) is 9.71. The van der Waals surface area contributed by atoms with Gasteiger partial charge < -0.3 is 10.8 Å². The molecule has 0 saturated heterocycles. The van der Waals surface area contributed by atoms with Crippen LogP contribution in [0.3, 0.4) is 0 Å². The van der Waals surface area contributed by atoms with E-state index in [0.29, 0.717) is 21.5 Å². The van der Waals surface area contributed by atoms with Crippen molar-refractivity contribution in [2.24, 2.45) is 0 Å². The van der Waals surface area contributed by atoms with Gasteiger partial charge in [0.2, 0.25) is 0 Å². The molecule has 0 fully saturated rings. The molecule has 0 saturated carbocycles. The van der Waals surface area contributed by atoms with Crippen LogP contribution in [0, 0.1) is 20.2 Å². The van der Waals surface area contributed by atoms with E-state index in [2.05, 4.69) is 0 Å². The van der Waals surface area contributed by atoms with Gasteiger partial charge in [0.25, 0.3) is 11.4 Å². The SMILES string of the molecule is [K+].[K+].[N-]=C=C(c1c2ccccc2c(C(=C=[N-])[N+](=O)[O-])c2ccccc12)[N+](=O)[O-]. The van der Waals surface area contributed by atoms with Crippen LogP contribution in [-0.2, 0) is 0 Å². The normalized spacial score (nSPS) is 9.43. The van der Waals surface area contributed by atoms with Crippen LogP contribution < -0.4 is 103 Å². The van der Waals surface area contributed by atoms with Crippen molar-refractivity contribution in [3.8, 4) is 0 Å². The maximum absolute atomic E-state index is 11.4. The van der Waals surface area contributed by atoms with E-state index >= 15 is 0 Å². The van der Waals surface area contributed by atoms with E-state index in [1.807, 2.05) is 0 Å². The predicted molar refractivity (Wildman–Crippen MR) is 99.0 cm³/mol. The molecule has 0 atom stereocenters. The fourth-order valence-electron chi connectivity index (χ4n) is 3.01. The number of hydrogen-bond donors (Lipinski definition) is 0. The number of nitro groups is 2. The second kappa shape index (κ2) is 10.8. The van der Waals surface area contributed by atoms with Gasteiger partial charge in [0.1, 0.15) is 0 Å². The fourth-order valence-corrected chi connectivity index (χ4v) is 3.01. The van der Waals surface area contributed by atoms with Crippen LogP contribution in [0.2, 0.25) is 0 Å². The first-order chi connectivity index (χ1) is 12.5. The van der Waals surface area contributed by atoms with Gasteiger partial charge in [-0.1, -0.05) is 48.5 Å². The number of benzene rings is 3. The van der Waals surface area contributed by atoms with Crippen molar-refractivity contribution in [3.63, 3.8) is 0 Å². The van der Waals surface area contributed by atoms with Crippen molar-refractivity contribution < 1.29 is 113 Å². The van der Waals surface area contributed by atoms with Gasteiger partial charge in [0, 0.05) is 0 Å². The molecule has 0 aliphatic rings. The summed E-state index contributed by atoms with van der Waals surface area (Å²) in [6.07, 6.45) is 0. The summed E-state index contributed by atoms with van der Waals surface area (Å²) >= 11 is 0. The van der Waals surface area contributed by atoms with Gasteiger partial charge in [-0.15, -0.1) is 0 Å². The Morgan fingerprint density at radius 2 is 0.929 bits per heavy atom. The van der Waals surface area contributed by atoms with E-state index in [0.717, 1.165) is 0 Å². The largest absolute Gasteiger partial charge is 1.00 e. The third-order valence-corrected chi connectivity index (χ3v) is 3.98. The molecule has 0 spiro atoms. The zero-order valence-electron chi connectivity index (χ0n) is 15.0. The molecule has 10 heteroatoms. The van der Waals surface area contributed by atoms with Crippen molar-refractivity contribution in [1.29, 1.82) is 0 Å². The van der Waals surface area contributed by atoms with Crippen LogP contribution in [0.15, 0.2) is 48.5 Å². The Morgan fingerprint density at radius 3 is 1.11 bits per heavy atom. The van der Waals surface area contributed by atoms with E-state index in [4.69, 9.17) is 0 Å². The summed E-state index contributed by atoms with van der Waals surface area (Å²) in [6, 6.07) is 12.6. The number of nitrogens with zero attached hydrogens (tertiary/aromatic N) is 4. The molecule has 3 rings (SSSR count). The van der Waals surface area contributed by atoms with Gasteiger partial charge in [0.15, 0.2) is 0 Å². The molecule has 0 heterocycles. The van der Waals surface area contributed by atoms with Crippen LogP contribution in [-0.4, -0.2) is 21.6 Å².